The zero-order chi connectivity index (χ0) is 41.4. The number of amides is 6. The third kappa shape index (κ3) is 10.0. The summed E-state index contributed by atoms with van der Waals surface area (Å²) in [5, 5.41) is 9.45. The average molecular weight is 779 g/mol. The van der Waals surface area contributed by atoms with E-state index in [1.165, 1.54) is 4.90 Å². The van der Waals surface area contributed by atoms with E-state index < -0.39 is 89.3 Å². The highest BCUT2D eigenvalue weighted by Gasteiger charge is 2.70. The number of Topliss-reactive ketones (excluding diaryl/α,β-unsaturated/α-hetero) is 1. The summed E-state index contributed by atoms with van der Waals surface area (Å²) >= 11 is 0. The molecule has 3 fully saturated rings. The molecular formula is C38H53F3N6O8. The molecule has 4 rings (SSSR count). The number of ether oxygens (including phenoxy) is 1. The number of hydrogen-bond donors (Lipinski definition) is 4. The maximum absolute atomic E-state index is 14.1. The highest BCUT2D eigenvalue weighted by atomic mass is 19.4. The molecule has 1 aromatic carbocycles. The number of alkyl halides is 3. The van der Waals surface area contributed by atoms with Gasteiger partial charge in [-0.1, -0.05) is 77.8 Å². The number of benzene rings is 1. The molecule has 0 aromatic heterocycles. The molecule has 3 aliphatic rings. The van der Waals surface area contributed by atoms with Crippen LogP contribution in [-0.4, -0.2) is 108 Å². The number of alkyl carbamates (subject to hydrolysis) is 1. The number of likely N-dealkylation sites (tertiary alicyclic amines) is 1. The molecular weight excluding hydrogens is 725 g/mol. The third-order valence-electron chi connectivity index (χ3n) is 10.8. The number of piperidine rings is 1. The number of nitrogens with zero attached hydrogens (tertiary/aromatic N) is 2. The lowest BCUT2D eigenvalue weighted by molar-refractivity contribution is -0.244. The third-order valence-corrected chi connectivity index (χ3v) is 10.8. The minimum Gasteiger partial charge on any atom is -0.434 e. The van der Waals surface area contributed by atoms with Gasteiger partial charge < -0.3 is 25.6 Å². The van der Waals surface area contributed by atoms with Crippen molar-refractivity contribution in [2.75, 3.05) is 27.2 Å². The number of likely N-dealkylation sites (N-methyl/N-ethyl adjacent to an activating group) is 1. The van der Waals surface area contributed by atoms with Crippen LogP contribution >= 0.6 is 0 Å². The predicted molar refractivity (Wildman–Crippen MR) is 193 cm³/mol. The van der Waals surface area contributed by atoms with Gasteiger partial charge in [-0.25, -0.2) is 4.79 Å². The number of nitrogens with one attached hydrogen (secondary N) is 4. The van der Waals surface area contributed by atoms with Gasteiger partial charge in [0.15, 0.2) is 0 Å². The normalized spacial score (nSPS) is 22.1. The van der Waals surface area contributed by atoms with Gasteiger partial charge in [-0.15, -0.1) is 0 Å². The quantitative estimate of drug-likeness (QED) is 0.207. The SMILES string of the molecule is CN(C)[C@@H](C(=O)NC(=O)CNC(=O)C(=O)C(CC1CC1)NC(=O)[C@@H]1[C@@H]2[C@H](CN1C(=O)[C@@H](NC(=O)OC(C)(C)C(F)(F)F)C(C)(C)C)C2(C)C)c1ccccc1. The van der Waals surface area contributed by atoms with Crippen molar-refractivity contribution in [1.82, 2.24) is 31.1 Å². The second-order valence-corrected chi connectivity index (χ2v) is 17.2. The van der Waals surface area contributed by atoms with E-state index in [1.807, 2.05) is 13.8 Å². The minimum absolute atomic E-state index is 0.0526. The highest BCUT2D eigenvalue weighted by Crippen LogP contribution is 2.65. The van der Waals surface area contributed by atoms with Crippen molar-refractivity contribution in [2.24, 2.45) is 28.6 Å². The number of fused-ring (bicyclic) bond motifs is 1. The van der Waals surface area contributed by atoms with Crippen LogP contribution in [0, 0.1) is 28.6 Å². The number of carbonyl (C=O) groups excluding carboxylic acids is 7. The Hall–Kier alpha value is -4.54. The maximum Gasteiger partial charge on any atom is 0.427 e. The minimum atomic E-state index is -4.88. The molecule has 17 heteroatoms. The molecule has 1 heterocycles. The van der Waals surface area contributed by atoms with Gasteiger partial charge in [0, 0.05) is 6.54 Å². The number of ketones is 1. The molecule has 6 amide bonds. The second kappa shape index (κ2) is 15.9. The summed E-state index contributed by atoms with van der Waals surface area (Å²) in [5.74, 6) is -5.49. The number of imide groups is 1. The summed E-state index contributed by atoms with van der Waals surface area (Å²) in [6.07, 6.45) is -4.67. The van der Waals surface area contributed by atoms with Crippen LogP contribution in [0.3, 0.4) is 0 Å². The van der Waals surface area contributed by atoms with Crippen LogP contribution < -0.4 is 21.3 Å². The van der Waals surface area contributed by atoms with Crippen LogP contribution in [-0.2, 0) is 33.5 Å². The predicted octanol–water partition coefficient (Wildman–Crippen LogP) is 2.87. The summed E-state index contributed by atoms with van der Waals surface area (Å²) in [6, 6.07) is 4.13. The van der Waals surface area contributed by atoms with Gasteiger partial charge in [-0.05, 0) is 68.5 Å². The van der Waals surface area contributed by atoms with Crippen LogP contribution in [0.15, 0.2) is 30.3 Å². The Labute approximate surface area is 319 Å². The highest BCUT2D eigenvalue weighted by molar-refractivity contribution is 6.38. The lowest BCUT2D eigenvalue weighted by Crippen LogP contribution is -2.61. The summed E-state index contributed by atoms with van der Waals surface area (Å²) in [4.78, 5) is 96.1. The van der Waals surface area contributed by atoms with Crippen molar-refractivity contribution in [3.05, 3.63) is 35.9 Å². The van der Waals surface area contributed by atoms with Crippen molar-refractivity contribution < 1.29 is 51.5 Å². The summed E-state index contributed by atoms with van der Waals surface area (Å²) in [6.45, 7) is 9.44. The Balaban J connectivity index is 1.45. The smallest absolute Gasteiger partial charge is 0.427 e. The summed E-state index contributed by atoms with van der Waals surface area (Å²) < 4.78 is 45.0. The molecule has 1 saturated heterocycles. The average Bonchev–Trinajstić information content (AvgIpc) is 3.91. The van der Waals surface area contributed by atoms with Gasteiger partial charge in [-0.3, -0.25) is 39.0 Å². The fourth-order valence-electron chi connectivity index (χ4n) is 7.22. The topological polar surface area (TPSA) is 183 Å². The molecule has 2 aliphatic carbocycles. The number of rotatable bonds is 14. The zero-order valence-electron chi connectivity index (χ0n) is 32.8. The van der Waals surface area contributed by atoms with Gasteiger partial charge in [0.1, 0.15) is 18.1 Å². The van der Waals surface area contributed by atoms with Crippen molar-refractivity contribution >= 4 is 41.4 Å². The van der Waals surface area contributed by atoms with Crippen LogP contribution in [0.1, 0.15) is 79.3 Å². The number of carbonyl (C=O) groups is 7. The van der Waals surface area contributed by atoms with Crippen LogP contribution in [0.4, 0.5) is 18.0 Å². The summed E-state index contributed by atoms with van der Waals surface area (Å²) in [5.41, 5.74) is -3.62. The van der Waals surface area contributed by atoms with Crippen LogP contribution in [0.2, 0.25) is 0 Å². The largest absolute Gasteiger partial charge is 0.434 e. The van der Waals surface area contributed by atoms with E-state index in [-0.39, 0.29) is 36.1 Å². The molecule has 1 aliphatic heterocycles. The van der Waals surface area contributed by atoms with Crippen molar-refractivity contribution in [1.29, 1.82) is 0 Å². The number of hydrogen-bond acceptors (Lipinski definition) is 9. The molecule has 55 heavy (non-hydrogen) atoms. The van der Waals surface area contributed by atoms with Gasteiger partial charge in [0.25, 0.3) is 5.91 Å². The van der Waals surface area contributed by atoms with E-state index in [4.69, 9.17) is 0 Å². The van der Waals surface area contributed by atoms with E-state index in [0.29, 0.717) is 19.4 Å². The molecule has 0 radical (unpaired) electrons. The molecule has 1 unspecified atom stereocenters. The van der Waals surface area contributed by atoms with Gasteiger partial charge in [-0.2, -0.15) is 13.2 Å². The van der Waals surface area contributed by atoms with Crippen molar-refractivity contribution in [2.45, 2.75) is 104 Å². The number of halogens is 3. The Bertz CT molecular complexity index is 1670. The van der Waals surface area contributed by atoms with E-state index in [0.717, 1.165) is 12.8 Å². The van der Waals surface area contributed by atoms with E-state index in [9.17, 15) is 46.7 Å². The van der Waals surface area contributed by atoms with Gasteiger partial charge in [0.05, 0.1) is 12.6 Å². The molecule has 1 aromatic rings. The molecule has 2 saturated carbocycles. The Kier molecular flexibility index (Phi) is 12.5. The van der Waals surface area contributed by atoms with Crippen LogP contribution in [0.5, 0.6) is 0 Å². The first-order valence-corrected chi connectivity index (χ1v) is 18.3. The lowest BCUT2D eigenvalue weighted by atomic mass is 9.85. The maximum atomic E-state index is 14.1. The molecule has 0 bridgehead atoms. The fraction of sp³-hybridized carbons (Fsp3) is 0.658. The molecule has 14 nitrogen and oxygen atoms in total. The molecule has 304 valence electrons. The monoisotopic (exact) mass is 778 g/mol. The van der Waals surface area contributed by atoms with Crippen LogP contribution in [0.25, 0.3) is 0 Å². The standard InChI is InChI=1S/C38H53F3N6O8/c1-35(2,3)29(45-34(54)55-37(6,7)38(39,40)41)33(53)47-19-22-25(36(22,4)5)27(47)31(51)43-23(17-20-15-16-20)28(49)32(52)42-18-24(48)44-30(50)26(46(8)9)21-13-11-10-12-14-21/h10-14,20,22-23,25-27,29H,15-19H2,1-9H3,(H,42,52)(H,43,51)(H,45,54)(H,44,48,50)/t22-,23?,25-,26+,27-,29+/m0/s1. The first kappa shape index (κ1) is 43.2. The first-order valence-electron chi connectivity index (χ1n) is 18.3. The second-order valence-electron chi connectivity index (χ2n) is 17.2. The van der Waals surface area contributed by atoms with E-state index in [1.54, 1.807) is 70.1 Å². The molecule has 4 N–H and O–H groups in total. The lowest BCUT2D eigenvalue weighted by Gasteiger charge is -2.38. The first-order chi connectivity index (χ1) is 25.3. The zero-order valence-corrected chi connectivity index (χ0v) is 32.8. The Morgan fingerprint density at radius 1 is 0.945 bits per heavy atom. The fourth-order valence-corrected chi connectivity index (χ4v) is 7.22. The van der Waals surface area contributed by atoms with E-state index >= 15 is 0 Å². The molecule has 0 spiro atoms. The summed E-state index contributed by atoms with van der Waals surface area (Å²) in [7, 11) is 3.33. The van der Waals surface area contributed by atoms with E-state index in [2.05, 4.69) is 26.0 Å². The van der Waals surface area contributed by atoms with Crippen molar-refractivity contribution in [3.63, 3.8) is 0 Å². The van der Waals surface area contributed by atoms with Crippen molar-refractivity contribution in [3.8, 4) is 0 Å². The Morgan fingerprint density at radius 2 is 1.55 bits per heavy atom. The van der Waals surface area contributed by atoms with Gasteiger partial charge >= 0.3 is 12.3 Å². The Morgan fingerprint density at radius 3 is 2.07 bits per heavy atom. The molecule has 6 atom stereocenters. The van der Waals surface area contributed by atoms with Gasteiger partial charge in [0.2, 0.25) is 35.0 Å².